The molecule has 0 fully saturated rings. The van der Waals surface area contributed by atoms with Gasteiger partial charge in [0, 0.05) is 17.6 Å². The molecule has 0 aliphatic carbocycles. The molecule has 0 unspecified atom stereocenters. The molecule has 3 aromatic carbocycles. The minimum atomic E-state index is -0.0785. The van der Waals surface area contributed by atoms with Crippen LogP contribution in [0.4, 0.5) is 5.69 Å². The van der Waals surface area contributed by atoms with Gasteiger partial charge in [-0.25, -0.2) is 0 Å². The topological polar surface area (TPSA) is 69.0 Å². The lowest BCUT2D eigenvalue weighted by molar-refractivity contribution is -0.113. The fourth-order valence-corrected chi connectivity index (χ4v) is 4.33. The zero-order valence-corrected chi connectivity index (χ0v) is 19.3. The van der Waals surface area contributed by atoms with E-state index in [9.17, 15) is 4.79 Å². The second kappa shape index (κ2) is 9.87. The zero-order chi connectivity index (χ0) is 22.5. The first-order valence-electron chi connectivity index (χ1n) is 10.6. The molecular formula is C25H26N4O2S. The fourth-order valence-electron chi connectivity index (χ4n) is 3.51. The van der Waals surface area contributed by atoms with E-state index in [1.165, 1.54) is 11.8 Å². The van der Waals surface area contributed by atoms with Crippen LogP contribution in [0.3, 0.4) is 0 Å². The van der Waals surface area contributed by atoms with Crippen molar-refractivity contribution in [3.63, 3.8) is 0 Å². The van der Waals surface area contributed by atoms with Crippen LogP contribution in [-0.4, -0.2) is 26.4 Å². The van der Waals surface area contributed by atoms with Gasteiger partial charge in [0.15, 0.2) is 11.0 Å². The minimum Gasteiger partial charge on any atom is -0.485 e. The molecule has 0 saturated heterocycles. The Morgan fingerprint density at radius 2 is 1.88 bits per heavy atom. The highest BCUT2D eigenvalue weighted by Gasteiger charge is 2.15. The van der Waals surface area contributed by atoms with E-state index in [-0.39, 0.29) is 11.7 Å². The van der Waals surface area contributed by atoms with Gasteiger partial charge in [-0.1, -0.05) is 60.3 Å². The van der Waals surface area contributed by atoms with E-state index in [2.05, 4.69) is 21.6 Å². The summed E-state index contributed by atoms with van der Waals surface area (Å²) in [4.78, 5) is 12.6. The maximum absolute atomic E-state index is 12.6. The summed E-state index contributed by atoms with van der Waals surface area (Å²) in [5, 5.41) is 14.4. The van der Waals surface area contributed by atoms with Crippen LogP contribution in [0.15, 0.2) is 65.8 Å². The molecule has 4 aromatic rings. The number of ether oxygens (including phenoxy) is 1. The smallest absolute Gasteiger partial charge is 0.234 e. The maximum Gasteiger partial charge on any atom is 0.234 e. The molecule has 32 heavy (non-hydrogen) atoms. The standard InChI is InChI=1S/C25H26N4O2S/c1-4-29-23(15-31-22-14-17(2)12-13-18(22)3)27-28-25(29)32-16-24(30)26-21-11-7-9-19-8-5-6-10-20(19)21/h5-14H,4,15-16H2,1-3H3,(H,26,30). The molecule has 0 saturated carbocycles. The lowest BCUT2D eigenvalue weighted by Crippen LogP contribution is -2.15. The van der Waals surface area contributed by atoms with Crippen molar-refractivity contribution in [1.82, 2.24) is 14.8 Å². The Morgan fingerprint density at radius 3 is 2.72 bits per heavy atom. The second-order valence-corrected chi connectivity index (χ2v) is 8.51. The Labute approximate surface area is 192 Å². The summed E-state index contributed by atoms with van der Waals surface area (Å²) >= 11 is 1.37. The number of aromatic nitrogens is 3. The molecule has 4 rings (SSSR count). The lowest BCUT2D eigenvalue weighted by atomic mass is 10.1. The first kappa shape index (κ1) is 21.9. The molecule has 0 aliphatic heterocycles. The summed E-state index contributed by atoms with van der Waals surface area (Å²) in [6.07, 6.45) is 0. The predicted octanol–water partition coefficient (Wildman–Crippen LogP) is 5.38. The van der Waals surface area contributed by atoms with Gasteiger partial charge in [-0.3, -0.25) is 4.79 Å². The Bertz CT molecular complexity index is 1250. The van der Waals surface area contributed by atoms with Crippen molar-refractivity contribution < 1.29 is 9.53 Å². The molecule has 1 aromatic heterocycles. The average molecular weight is 447 g/mol. The summed E-state index contributed by atoms with van der Waals surface area (Å²) in [5.41, 5.74) is 3.04. The number of thioether (sulfide) groups is 1. The minimum absolute atomic E-state index is 0.0785. The summed E-state index contributed by atoms with van der Waals surface area (Å²) in [7, 11) is 0. The Hall–Kier alpha value is -3.32. The van der Waals surface area contributed by atoms with Gasteiger partial charge in [-0.2, -0.15) is 0 Å². The van der Waals surface area contributed by atoms with Crippen LogP contribution in [0.25, 0.3) is 10.8 Å². The van der Waals surface area contributed by atoms with E-state index in [1.54, 1.807) is 0 Å². The number of carbonyl (C=O) groups is 1. The third-order valence-electron chi connectivity index (χ3n) is 5.21. The van der Waals surface area contributed by atoms with E-state index >= 15 is 0 Å². The highest BCUT2D eigenvalue weighted by Crippen LogP contribution is 2.25. The Morgan fingerprint density at radius 1 is 1.06 bits per heavy atom. The van der Waals surface area contributed by atoms with Gasteiger partial charge >= 0.3 is 0 Å². The quantitative estimate of drug-likeness (QED) is 0.368. The van der Waals surface area contributed by atoms with Crippen molar-refractivity contribution in [2.75, 3.05) is 11.1 Å². The van der Waals surface area contributed by atoms with Crippen LogP contribution in [0, 0.1) is 13.8 Å². The maximum atomic E-state index is 12.6. The molecule has 1 N–H and O–H groups in total. The third kappa shape index (κ3) is 4.94. The van der Waals surface area contributed by atoms with Gasteiger partial charge in [0.1, 0.15) is 12.4 Å². The number of fused-ring (bicyclic) bond motifs is 1. The summed E-state index contributed by atoms with van der Waals surface area (Å²) in [5.74, 6) is 1.76. The lowest BCUT2D eigenvalue weighted by Gasteiger charge is -2.11. The molecule has 164 valence electrons. The average Bonchev–Trinajstić information content (AvgIpc) is 3.20. The SMILES string of the molecule is CCn1c(COc2cc(C)ccc2C)nnc1SCC(=O)Nc1cccc2ccccc12. The van der Waals surface area contributed by atoms with Crippen molar-refractivity contribution in [2.24, 2.45) is 0 Å². The van der Waals surface area contributed by atoms with Crippen LogP contribution in [0.5, 0.6) is 5.75 Å². The molecule has 0 atom stereocenters. The molecule has 1 amide bonds. The number of amides is 1. The zero-order valence-electron chi connectivity index (χ0n) is 18.5. The number of nitrogens with one attached hydrogen (secondary N) is 1. The number of carbonyl (C=O) groups excluding carboxylic acids is 1. The third-order valence-corrected chi connectivity index (χ3v) is 6.17. The molecule has 0 aliphatic rings. The van der Waals surface area contributed by atoms with E-state index in [4.69, 9.17) is 4.74 Å². The number of hydrogen-bond donors (Lipinski definition) is 1. The molecule has 7 heteroatoms. The summed E-state index contributed by atoms with van der Waals surface area (Å²) in [6.45, 7) is 7.12. The van der Waals surface area contributed by atoms with Crippen molar-refractivity contribution >= 4 is 34.1 Å². The van der Waals surface area contributed by atoms with E-state index in [1.807, 2.05) is 79.9 Å². The molecule has 0 bridgehead atoms. The summed E-state index contributed by atoms with van der Waals surface area (Å²) in [6, 6.07) is 20.0. The molecule has 0 spiro atoms. The van der Waals surface area contributed by atoms with Crippen molar-refractivity contribution in [3.8, 4) is 5.75 Å². The number of nitrogens with zero attached hydrogens (tertiary/aromatic N) is 3. The van der Waals surface area contributed by atoms with Crippen molar-refractivity contribution in [3.05, 3.63) is 77.6 Å². The van der Waals surface area contributed by atoms with Gasteiger partial charge < -0.3 is 14.6 Å². The van der Waals surface area contributed by atoms with Crippen LogP contribution >= 0.6 is 11.8 Å². The number of rotatable bonds is 8. The van der Waals surface area contributed by atoms with Crippen LogP contribution in [0.2, 0.25) is 0 Å². The molecule has 0 radical (unpaired) electrons. The van der Waals surface area contributed by atoms with Crippen LogP contribution in [0.1, 0.15) is 23.9 Å². The largest absolute Gasteiger partial charge is 0.485 e. The normalized spacial score (nSPS) is 11.0. The second-order valence-electron chi connectivity index (χ2n) is 7.56. The summed E-state index contributed by atoms with van der Waals surface area (Å²) < 4.78 is 7.98. The van der Waals surface area contributed by atoms with Gasteiger partial charge in [0.2, 0.25) is 5.91 Å². The van der Waals surface area contributed by atoms with Gasteiger partial charge in [-0.15, -0.1) is 10.2 Å². The predicted molar refractivity (Wildman–Crippen MR) is 129 cm³/mol. The van der Waals surface area contributed by atoms with Crippen molar-refractivity contribution in [1.29, 1.82) is 0 Å². The van der Waals surface area contributed by atoms with Crippen molar-refractivity contribution in [2.45, 2.75) is 39.1 Å². The number of hydrogen-bond acceptors (Lipinski definition) is 5. The number of benzene rings is 3. The van der Waals surface area contributed by atoms with E-state index in [0.717, 1.165) is 39.2 Å². The Balaban J connectivity index is 1.39. The van der Waals surface area contributed by atoms with Gasteiger partial charge in [0.05, 0.1) is 5.75 Å². The molecular weight excluding hydrogens is 420 g/mol. The van der Waals surface area contributed by atoms with E-state index < -0.39 is 0 Å². The molecule has 6 nitrogen and oxygen atoms in total. The highest BCUT2D eigenvalue weighted by molar-refractivity contribution is 7.99. The number of anilines is 1. The number of aryl methyl sites for hydroxylation is 2. The van der Waals surface area contributed by atoms with Gasteiger partial charge in [-0.05, 0) is 49.4 Å². The molecule has 1 heterocycles. The first-order chi connectivity index (χ1) is 15.5. The van der Waals surface area contributed by atoms with Crippen LogP contribution < -0.4 is 10.1 Å². The fraction of sp³-hybridized carbons (Fsp3) is 0.240. The van der Waals surface area contributed by atoms with E-state index in [0.29, 0.717) is 18.3 Å². The van der Waals surface area contributed by atoms with Gasteiger partial charge in [0.25, 0.3) is 0 Å². The monoisotopic (exact) mass is 446 g/mol. The highest BCUT2D eigenvalue weighted by atomic mass is 32.2. The van der Waals surface area contributed by atoms with Crippen LogP contribution in [-0.2, 0) is 17.9 Å². The Kier molecular flexibility index (Phi) is 6.75. The first-order valence-corrected chi connectivity index (χ1v) is 11.6.